The van der Waals surface area contributed by atoms with Crippen LogP contribution >= 0.6 is 0 Å². The number of amides is 3. The largest absolute Gasteiger partial charge is 0.339 e. The number of nitrogens with zero attached hydrogens (tertiary/aromatic N) is 3. The first-order valence-corrected chi connectivity index (χ1v) is 7.90. The van der Waals surface area contributed by atoms with E-state index >= 15 is 0 Å². The molecule has 1 aliphatic rings. The Kier molecular flexibility index (Phi) is 5.89. The number of hydrogen-bond acceptors (Lipinski definition) is 3. The lowest BCUT2D eigenvalue weighted by atomic mass is 10.2. The standard InChI is InChI=1S/C17H22FN3O3/c1-13(22)19-7-9-20(10-8-19)17(24)12-21(14(2)23)11-15-5-3-4-6-16(15)18/h3-6H,7-12H2,1-2H3. The van der Waals surface area contributed by atoms with Crippen LogP contribution in [0.25, 0.3) is 0 Å². The van der Waals surface area contributed by atoms with Crippen LogP contribution in [0.15, 0.2) is 24.3 Å². The molecule has 0 unspecified atom stereocenters. The van der Waals surface area contributed by atoms with Crippen LogP contribution in [-0.2, 0) is 20.9 Å². The number of hydrogen-bond donors (Lipinski definition) is 0. The molecular weight excluding hydrogens is 313 g/mol. The summed E-state index contributed by atoms with van der Waals surface area (Å²) < 4.78 is 13.8. The number of carbonyl (C=O) groups is 3. The molecule has 0 bridgehead atoms. The highest BCUT2D eigenvalue weighted by molar-refractivity contribution is 5.84. The lowest BCUT2D eigenvalue weighted by molar-refractivity contribution is -0.142. The van der Waals surface area contributed by atoms with E-state index in [4.69, 9.17) is 0 Å². The Balaban J connectivity index is 1.96. The van der Waals surface area contributed by atoms with E-state index in [9.17, 15) is 18.8 Å². The second-order valence-electron chi connectivity index (χ2n) is 5.85. The van der Waals surface area contributed by atoms with Crippen molar-refractivity contribution >= 4 is 17.7 Å². The van der Waals surface area contributed by atoms with Crippen LogP contribution in [-0.4, -0.2) is 65.1 Å². The molecule has 1 saturated heterocycles. The van der Waals surface area contributed by atoms with Gasteiger partial charge in [-0.2, -0.15) is 0 Å². The molecule has 1 fully saturated rings. The summed E-state index contributed by atoms with van der Waals surface area (Å²) in [6.45, 7) is 4.71. The van der Waals surface area contributed by atoms with Gasteiger partial charge in [0.25, 0.3) is 0 Å². The van der Waals surface area contributed by atoms with Gasteiger partial charge in [0.05, 0.1) is 0 Å². The average Bonchev–Trinajstić information content (AvgIpc) is 2.56. The summed E-state index contributed by atoms with van der Waals surface area (Å²) in [5.41, 5.74) is 0.377. The zero-order valence-corrected chi connectivity index (χ0v) is 14.0. The molecule has 6 nitrogen and oxygen atoms in total. The Morgan fingerprint density at radius 1 is 1.04 bits per heavy atom. The van der Waals surface area contributed by atoms with Crippen molar-refractivity contribution in [1.29, 1.82) is 0 Å². The van der Waals surface area contributed by atoms with Gasteiger partial charge < -0.3 is 14.7 Å². The van der Waals surface area contributed by atoms with Crippen LogP contribution < -0.4 is 0 Å². The number of halogens is 1. The highest BCUT2D eigenvalue weighted by Crippen LogP contribution is 2.11. The van der Waals surface area contributed by atoms with Gasteiger partial charge in [0.2, 0.25) is 17.7 Å². The fourth-order valence-electron chi connectivity index (χ4n) is 2.64. The van der Waals surface area contributed by atoms with Crippen molar-refractivity contribution in [2.75, 3.05) is 32.7 Å². The van der Waals surface area contributed by atoms with E-state index in [0.717, 1.165) is 0 Å². The molecule has 0 spiro atoms. The lowest BCUT2D eigenvalue weighted by Crippen LogP contribution is -2.52. The molecule has 1 aromatic rings. The summed E-state index contributed by atoms with van der Waals surface area (Å²) in [5, 5.41) is 0. The van der Waals surface area contributed by atoms with E-state index in [1.54, 1.807) is 28.0 Å². The van der Waals surface area contributed by atoms with Crippen LogP contribution in [0.2, 0.25) is 0 Å². The van der Waals surface area contributed by atoms with Gasteiger partial charge in [0.1, 0.15) is 12.4 Å². The van der Waals surface area contributed by atoms with E-state index in [1.165, 1.54) is 24.8 Å². The van der Waals surface area contributed by atoms with Crippen LogP contribution in [0, 0.1) is 5.82 Å². The maximum atomic E-state index is 13.8. The molecule has 0 radical (unpaired) electrons. The van der Waals surface area contributed by atoms with Gasteiger partial charge in [-0.3, -0.25) is 14.4 Å². The third kappa shape index (κ3) is 4.53. The second kappa shape index (κ2) is 7.90. The van der Waals surface area contributed by atoms with Crippen molar-refractivity contribution in [1.82, 2.24) is 14.7 Å². The van der Waals surface area contributed by atoms with Crippen molar-refractivity contribution in [2.24, 2.45) is 0 Å². The van der Waals surface area contributed by atoms with Gasteiger partial charge in [-0.15, -0.1) is 0 Å². The van der Waals surface area contributed by atoms with Crippen molar-refractivity contribution in [2.45, 2.75) is 20.4 Å². The Hall–Kier alpha value is -2.44. The van der Waals surface area contributed by atoms with Gasteiger partial charge >= 0.3 is 0 Å². The molecule has 1 heterocycles. The van der Waals surface area contributed by atoms with Crippen LogP contribution in [0.1, 0.15) is 19.4 Å². The maximum absolute atomic E-state index is 13.8. The molecule has 2 rings (SSSR count). The molecule has 1 aliphatic heterocycles. The zero-order chi connectivity index (χ0) is 17.7. The van der Waals surface area contributed by atoms with Crippen LogP contribution in [0.4, 0.5) is 4.39 Å². The third-order valence-corrected chi connectivity index (χ3v) is 4.17. The van der Waals surface area contributed by atoms with Crippen LogP contribution in [0.3, 0.4) is 0 Å². The summed E-state index contributed by atoms with van der Waals surface area (Å²) in [6.07, 6.45) is 0. The molecule has 7 heteroatoms. The highest BCUT2D eigenvalue weighted by Gasteiger charge is 2.24. The van der Waals surface area contributed by atoms with E-state index < -0.39 is 5.82 Å². The molecule has 0 aliphatic carbocycles. The van der Waals surface area contributed by atoms with E-state index in [1.807, 2.05) is 0 Å². The third-order valence-electron chi connectivity index (χ3n) is 4.17. The molecule has 0 saturated carbocycles. The highest BCUT2D eigenvalue weighted by atomic mass is 19.1. The van der Waals surface area contributed by atoms with E-state index in [-0.39, 0.29) is 30.8 Å². The predicted octanol–water partition coefficient (Wildman–Crippen LogP) is 0.865. The molecule has 0 atom stereocenters. The molecule has 24 heavy (non-hydrogen) atoms. The first kappa shape index (κ1) is 17.9. The van der Waals surface area contributed by atoms with Gasteiger partial charge in [-0.25, -0.2) is 4.39 Å². The Morgan fingerprint density at radius 3 is 2.17 bits per heavy atom. The molecule has 3 amide bonds. The SMILES string of the molecule is CC(=O)N1CCN(C(=O)CN(Cc2ccccc2F)C(C)=O)CC1. The van der Waals surface area contributed by atoms with Crippen molar-refractivity contribution in [3.63, 3.8) is 0 Å². The summed E-state index contributed by atoms with van der Waals surface area (Å²) in [7, 11) is 0. The normalized spacial score (nSPS) is 14.5. The van der Waals surface area contributed by atoms with E-state index in [0.29, 0.717) is 31.7 Å². The van der Waals surface area contributed by atoms with Crippen molar-refractivity contribution in [3.8, 4) is 0 Å². The maximum Gasteiger partial charge on any atom is 0.242 e. The smallest absolute Gasteiger partial charge is 0.242 e. The fourth-order valence-corrected chi connectivity index (χ4v) is 2.64. The first-order chi connectivity index (χ1) is 11.4. The number of rotatable bonds is 4. The molecule has 130 valence electrons. The summed E-state index contributed by atoms with van der Waals surface area (Å²) >= 11 is 0. The Bertz CT molecular complexity index is 627. The first-order valence-electron chi connectivity index (χ1n) is 7.90. The molecule has 0 N–H and O–H groups in total. The molecule has 1 aromatic carbocycles. The predicted molar refractivity (Wildman–Crippen MR) is 86.3 cm³/mol. The van der Waals surface area contributed by atoms with Gasteiger partial charge in [-0.05, 0) is 6.07 Å². The fraction of sp³-hybridized carbons (Fsp3) is 0.471. The monoisotopic (exact) mass is 335 g/mol. The quantitative estimate of drug-likeness (QED) is 0.820. The van der Waals surface area contributed by atoms with Gasteiger partial charge in [0.15, 0.2) is 0 Å². The average molecular weight is 335 g/mol. The number of benzene rings is 1. The summed E-state index contributed by atoms with van der Waals surface area (Å²) in [5.74, 6) is -0.878. The van der Waals surface area contributed by atoms with Crippen LogP contribution in [0.5, 0.6) is 0 Å². The summed E-state index contributed by atoms with van der Waals surface area (Å²) in [4.78, 5) is 40.2. The van der Waals surface area contributed by atoms with Crippen molar-refractivity contribution in [3.05, 3.63) is 35.6 Å². The van der Waals surface area contributed by atoms with Crippen molar-refractivity contribution < 1.29 is 18.8 Å². The molecular formula is C17H22FN3O3. The number of piperazine rings is 1. The Morgan fingerprint density at radius 2 is 1.62 bits per heavy atom. The lowest BCUT2D eigenvalue weighted by Gasteiger charge is -2.35. The minimum Gasteiger partial charge on any atom is -0.339 e. The number of carbonyl (C=O) groups excluding carboxylic acids is 3. The topological polar surface area (TPSA) is 60.9 Å². The zero-order valence-electron chi connectivity index (χ0n) is 14.0. The van der Waals surface area contributed by atoms with E-state index in [2.05, 4.69) is 0 Å². The molecule has 0 aromatic heterocycles. The minimum absolute atomic E-state index is 0.00739. The second-order valence-corrected chi connectivity index (χ2v) is 5.85. The van der Waals surface area contributed by atoms with Gasteiger partial charge in [0, 0.05) is 52.1 Å². The minimum atomic E-state index is -0.397. The Labute approximate surface area is 140 Å². The van der Waals surface area contributed by atoms with Gasteiger partial charge in [-0.1, -0.05) is 18.2 Å². The summed E-state index contributed by atoms with van der Waals surface area (Å²) in [6, 6.07) is 6.20.